The molecule has 86 valence electrons. The molecule has 0 aliphatic carbocycles. The van der Waals surface area contributed by atoms with Crippen LogP contribution in [0, 0.1) is 6.92 Å². The molecule has 1 aliphatic rings. The van der Waals surface area contributed by atoms with Crippen molar-refractivity contribution in [2.45, 2.75) is 6.92 Å². The van der Waals surface area contributed by atoms with Crippen LogP contribution in [0.15, 0.2) is 42.5 Å². The van der Waals surface area contributed by atoms with Crippen LogP contribution >= 0.6 is 0 Å². The van der Waals surface area contributed by atoms with Gasteiger partial charge in [0.05, 0.1) is 11.4 Å². The highest BCUT2D eigenvalue weighted by Crippen LogP contribution is 2.33. The maximum absolute atomic E-state index is 4.59. The van der Waals surface area contributed by atoms with E-state index in [9.17, 15) is 0 Å². The monoisotopic (exact) mass is 225 g/mol. The van der Waals surface area contributed by atoms with Crippen molar-refractivity contribution in [3.63, 3.8) is 0 Å². The molecule has 1 N–H and O–H groups in total. The zero-order valence-corrected chi connectivity index (χ0v) is 9.85. The molecule has 0 unspecified atom stereocenters. The molecule has 3 rings (SSSR count). The molecule has 1 aromatic carbocycles. The van der Waals surface area contributed by atoms with Gasteiger partial charge >= 0.3 is 0 Å². The van der Waals surface area contributed by atoms with Crippen molar-refractivity contribution >= 4 is 17.2 Å². The zero-order valence-electron chi connectivity index (χ0n) is 9.85. The predicted octanol–water partition coefficient (Wildman–Crippen LogP) is 2.95. The Labute approximate surface area is 101 Å². The fourth-order valence-electron chi connectivity index (χ4n) is 2.20. The highest BCUT2D eigenvalue weighted by molar-refractivity contribution is 5.77. The van der Waals surface area contributed by atoms with Gasteiger partial charge in [-0.15, -0.1) is 0 Å². The van der Waals surface area contributed by atoms with Gasteiger partial charge in [0.2, 0.25) is 0 Å². The van der Waals surface area contributed by atoms with Crippen molar-refractivity contribution in [1.29, 1.82) is 0 Å². The molecular formula is C14H15N3. The molecule has 0 atom stereocenters. The van der Waals surface area contributed by atoms with Crippen molar-refractivity contribution < 1.29 is 0 Å². The van der Waals surface area contributed by atoms with Gasteiger partial charge in [-0.2, -0.15) is 0 Å². The van der Waals surface area contributed by atoms with Crippen LogP contribution in [0.25, 0.3) is 0 Å². The number of nitrogens with zero attached hydrogens (tertiary/aromatic N) is 2. The van der Waals surface area contributed by atoms with Crippen molar-refractivity contribution in [3.8, 4) is 0 Å². The number of para-hydroxylation sites is 2. The van der Waals surface area contributed by atoms with Crippen LogP contribution in [0.3, 0.4) is 0 Å². The normalized spacial score (nSPS) is 14.1. The fraction of sp³-hybridized carbons (Fsp3) is 0.214. The molecule has 1 aromatic heterocycles. The summed E-state index contributed by atoms with van der Waals surface area (Å²) in [6.45, 7) is 3.93. The van der Waals surface area contributed by atoms with E-state index in [0.717, 1.165) is 24.6 Å². The summed E-state index contributed by atoms with van der Waals surface area (Å²) in [6, 6.07) is 14.5. The van der Waals surface area contributed by atoms with E-state index in [1.165, 1.54) is 11.4 Å². The van der Waals surface area contributed by atoms with Crippen LogP contribution in [0.2, 0.25) is 0 Å². The molecule has 0 fully saturated rings. The van der Waals surface area contributed by atoms with Gasteiger partial charge in [-0.3, -0.25) is 0 Å². The van der Waals surface area contributed by atoms with E-state index in [1.54, 1.807) is 0 Å². The van der Waals surface area contributed by atoms with E-state index in [2.05, 4.69) is 51.6 Å². The van der Waals surface area contributed by atoms with E-state index in [-0.39, 0.29) is 0 Å². The Kier molecular flexibility index (Phi) is 2.44. The van der Waals surface area contributed by atoms with Crippen molar-refractivity contribution in [1.82, 2.24) is 4.98 Å². The van der Waals surface area contributed by atoms with Crippen molar-refractivity contribution in [2.75, 3.05) is 23.3 Å². The van der Waals surface area contributed by atoms with E-state index >= 15 is 0 Å². The molecule has 17 heavy (non-hydrogen) atoms. The highest BCUT2D eigenvalue weighted by atomic mass is 15.2. The number of fused-ring (bicyclic) bond motifs is 1. The number of aryl methyl sites for hydroxylation is 1. The number of benzene rings is 1. The summed E-state index contributed by atoms with van der Waals surface area (Å²) in [6.07, 6.45) is 0. The summed E-state index contributed by atoms with van der Waals surface area (Å²) in [5.74, 6) is 1.03. The van der Waals surface area contributed by atoms with E-state index in [0.29, 0.717) is 0 Å². The van der Waals surface area contributed by atoms with Crippen LogP contribution in [-0.4, -0.2) is 18.1 Å². The van der Waals surface area contributed by atoms with Crippen molar-refractivity contribution in [2.24, 2.45) is 0 Å². The summed E-state index contributed by atoms with van der Waals surface area (Å²) in [5.41, 5.74) is 3.44. The van der Waals surface area contributed by atoms with Gasteiger partial charge in [0.25, 0.3) is 0 Å². The van der Waals surface area contributed by atoms with E-state index in [4.69, 9.17) is 0 Å². The lowest BCUT2D eigenvalue weighted by Gasteiger charge is -2.31. The molecule has 0 saturated carbocycles. The fourth-order valence-corrected chi connectivity index (χ4v) is 2.20. The summed E-state index contributed by atoms with van der Waals surface area (Å²) >= 11 is 0. The number of rotatable bonds is 1. The second-order valence-corrected chi connectivity index (χ2v) is 4.23. The Morgan fingerprint density at radius 3 is 2.88 bits per heavy atom. The molecule has 0 bridgehead atoms. The predicted molar refractivity (Wildman–Crippen MR) is 70.9 cm³/mol. The first-order valence-electron chi connectivity index (χ1n) is 5.89. The van der Waals surface area contributed by atoms with E-state index < -0.39 is 0 Å². The van der Waals surface area contributed by atoms with Gasteiger partial charge in [0.1, 0.15) is 5.82 Å². The van der Waals surface area contributed by atoms with Gasteiger partial charge in [-0.25, -0.2) is 4.98 Å². The van der Waals surface area contributed by atoms with Crippen LogP contribution in [0.4, 0.5) is 17.2 Å². The smallest absolute Gasteiger partial charge is 0.133 e. The first-order valence-corrected chi connectivity index (χ1v) is 5.89. The number of hydrogen-bond acceptors (Lipinski definition) is 3. The molecule has 0 saturated heterocycles. The second kappa shape index (κ2) is 4.09. The molecule has 3 nitrogen and oxygen atoms in total. The number of nitrogens with one attached hydrogen (secondary N) is 1. The third-order valence-corrected chi connectivity index (χ3v) is 3.00. The largest absolute Gasteiger partial charge is 0.382 e. The standard InChI is InChI=1S/C14H15N3/c1-11-5-4-8-14(16-11)17-10-9-15-12-6-2-3-7-13(12)17/h2-8,15H,9-10H2,1H3. The maximum Gasteiger partial charge on any atom is 0.133 e. The average Bonchev–Trinajstić information content (AvgIpc) is 2.38. The van der Waals surface area contributed by atoms with Crippen LogP contribution in [0.1, 0.15) is 5.69 Å². The summed E-state index contributed by atoms with van der Waals surface area (Å²) < 4.78 is 0. The molecule has 2 aromatic rings. The molecule has 3 heteroatoms. The minimum atomic E-state index is 0.951. The SMILES string of the molecule is Cc1cccc(N2CCNc3ccccc32)n1. The lowest BCUT2D eigenvalue weighted by molar-refractivity contribution is 0.903. The number of anilines is 3. The zero-order chi connectivity index (χ0) is 11.7. The first-order chi connectivity index (χ1) is 8.34. The van der Waals surface area contributed by atoms with Crippen LogP contribution < -0.4 is 10.2 Å². The Hall–Kier alpha value is -2.03. The Balaban J connectivity index is 2.06. The minimum Gasteiger partial charge on any atom is -0.382 e. The first kappa shape index (κ1) is 10.1. The topological polar surface area (TPSA) is 28.2 Å². The summed E-state index contributed by atoms with van der Waals surface area (Å²) in [4.78, 5) is 6.86. The number of hydrogen-bond donors (Lipinski definition) is 1. The molecular weight excluding hydrogens is 210 g/mol. The third kappa shape index (κ3) is 1.84. The van der Waals surface area contributed by atoms with Crippen LogP contribution in [-0.2, 0) is 0 Å². The Bertz CT molecular complexity index is 536. The highest BCUT2D eigenvalue weighted by Gasteiger charge is 2.17. The van der Waals surface area contributed by atoms with Gasteiger partial charge in [0.15, 0.2) is 0 Å². The van der Waals surface area contributed by atoms with Crippen LogP contribution in [0.5, 0.6) is 0 Å². The number of pyridine rings is 1. The van der Waals surface area contributed by atoms with Gasteiger partial charge in [0, 0.05) is 18.8 Å². The lowest BCUT2D eigenvalue weighted by Crippen LogP contribution is -2.30. The lowest BCUT2D eigenvalue weighted by atomic mass is 10.2. The molecule has 0 spiro atoms. The Morgan fingerprint density at radius 2 is 2.00 bits per heavy atom. The number of aromatic nitrogens is 1. The van der Waals surface area contributed by atoms with E-state index in [1.807, 2.05) is 13.0 Å². The summed E-state index contributed by atoms with van der Waals surface area (Å²) in [7, 11) is 0. The molecule has 0 amide bonds. The van der Waals surface area contributed by atoms with Gasteiger partial charge in [-0.1, -0.05) is 18.2 Å². The van der Waals surface area contributed by atoms with Crippen molar-refractivity contribution in [3.05, 3.63) is 48.2 Å². The summed E-state index contributed by atoms with van der Waals surface area (Å²) in [5, 5.41) is 3.41. The molecule has 2 heterocycles. The van der Waals surface area contributed by atoms with Gasteiger partial charge < -0.3 is 10.2 Å². The molecule has 1 aliphatic heterocycles. The third-order valence-electron chi connectivity index (χ3n) is 3.00. The quantitative estimate of drug-likeness (QED) is 0.808. The minimum absolute atomic E-state index is 0.951. The Morgan fingerprint density at radius 1 is 1.12 bits per heavy atom. The molecule has 0 radical (unpaired) electrons. The second-order valence-electron chi connectivity index (χ2n) is 4.23. The van der Waals surface area contributed by atoms with Gasteiger partial charge in [-0.05, 0) is 31.2 Å². The maximum atomic E-state index is 4.59. The average molecular weight is 225 g/mol.